The molecule has 0 heterocycles. The van der Waals surface area contributed by atoms with Crippen LogP contribution in [0.4, 0.5) is 10.1 Å². The summed E-state index contributed by atoms with van der Waals surface area (Å²) in [7, 11) is -3.36. The van der Waals surface area contributed by atoms with E-state index in [1.54, 1.807) is 6.07 Å². The highest BCUT2D eigenvalue weighted by atomic mass is 32.2. The molecule has 0 aliphatic carbocycles. The van der Waals surface area contributed by atoms with E-state index in [0.29, 0.717) is 0 Å². The van der Waals surface area contributed by atoms with Crippen LogP contribution in [0.1, 0.15) is 5.56 Å². The van der Waals surface area contributed by atoms with Crippen molar-refractivity contribution in [1.82, 2.24) is 0 Å². The van der Waals surface area contributed by atoms with Crippen LogP contribution in [0.15, 0.2) is 41.3 Å². The molecule has 0 unspecified atom stereocenters. The molecule has 0 aliphatic heterocycles. The van der Waals surface area contributed by atoms with Gasteiger partial charge in [-0.15, -0.1) is 0 Å². The number of nitrogens with two attached hydrogens (primary N) is 1. The minimum atomic E-state index is -3.36. The van der Waals surface area contributed by atoms with Crippen LogP contribution in [0.5, 0.6) is 11.5 Å². The second-order valence-electron chi connectivity index (χ2n) is 4.33. The van der Waals surface area contributed by atoms with Gasteiger partial charge in [0.05, 0.1) is 16.1 Å². The maximum atomic E-state index is 13.5. The van der Waals surface area contributed by atoms with Crippen molar-refractivity contribution in [3.8, 4) is 17.6 Å². The minimum absolute atomic E-state index is 0.0679. The van der Waals surface area contributed by atoms with Crippen molar-refractivity contribution >= 4 is 15.5 Å². The van der Waals surface area contributed by atoms with Gasteiger partial charge in [0.1, 0.15) is 23.4 Å². The normalized spacial score (nSPS) is 10.9. The lowest BCUT2D eigenvalue weighted by Crippen LogP contribution is -2.00. The third-order valence-electron chi connectivity index (χ3n) is 2.70. The predicted octanol–water partition coefficient (Wildman–Crippen LogP) is 2.48. The summed E-state index contributed by atoms with van der Waals surface area (Å²) in [6, 6.07) is 9.47. The van der Waals surface area contributed by atoms with Crippen molar-refractivity contribution in [3.63, 3.8) is 0 Å². The summed E-state index contributed by atoms with van der Waals surface area (Å²) in [5, 5.41) is 8.64. The van der Waals surface area contributed by atoms with Gasteiger partial charge in [0.15, 0.2) is 9.84 Å². The molecular weight excluding hydrogens is 295 g/mol. The summed E-state index contributed by atoms with van der Waals surface area (Å²) in [5.41, 5.74) is 5.74. The smallest absolute Gasteiger partial charge is 0.175 e. The molecule has 0 fully saturated rings. The second-order valence-corrected chi connectivity index (χ2v) is 6.34. The molecule has 108 valence electrons. The predicted molar refractivity (Wildman–Crippen MR) is 75.2 cm³/mol. The molecule has 0 radical (unpaired) electrons. The fourth-order valence-corrected chi connectivity index (χ4v) is 2.28. The number of nitrogen functional groups attached to an aromatic ring is 1. The molecule has 0 saturated carbocycles. The highest BCUT2D eigenvalue weighted by Crippen LogP contribution is 2.30. The number of nitrogens with zero attached hydrogens (tertiary/aromatic N) is 1. The van der Waals surface area contributed by atoms with Gasteiger partial charge in [-0.1, -0.05) is 0 Å². The van der Waals surface area contributed by atoms with E-state index in [9.17, 15) is 12.8 Å². The van der Waals surface area contributed by atoms with Crippen molar-refractivity contribution in [2.75, 3.05) is 12.0 Å². The Hall–Kier alpha value is -2.59. The molecule has 0 spiro atoms. The van der Waals surface area contributed by atoms with E-state index in [1.807, 2.05) is 0 Å². The summed E-state index contributed by atoms with van der Waals surface area (Å²) in [5.74, 6) is -0.349. The first-order valence-corrected chi connectivity index (χ1v) is 7.67. The topological polar surface area (TPSA) is 93.2 Å². The maximum Gasteiger partial charge on any atom is 0.175 e. The Morgan fingerprint density at radius 3 is 2.48 bits per heavy atom. The number of benzene rings is 2. The lowest BCUT2D eigenvalue weighted by molar-refractivity contribution is 0.478. The van der Waals surface area contributed by atoms with E-state index in [4.69, 9.17) is 15.7 Å². The number of ether oxygens (including phenoxy) is 1. The fourth-order valence-electron chi connectivity index (χ4n) is 1.63. The van der Waals surface area contributed by atoms with Gasteiger partial charge in [0.25, 0.3) is 0 Å². The van der Waals surface area contributed by atoms with E-state index in [2.05, 4.69) is 0 Å². The van der Waals surface area contributed by atoms with Gasteiger partial charge in [0.2, 0.25) is 0 Å². The molecule has 21 heavy (non-hydrogen) atoms. The van der Waals surface area contributed by atoms with E-state index < -0.39 is 15.7 Å². The van der Waals surface area contributed by atoms with Crippen LogP contribution in [0.3, 0.4) is 0 Å². The number of hydrogen-bond donors (Lipinski definition) is 1. The Morgan fingerprint density at radius 1 is 1.24 bits per heavy atom. The number of hydrogen-bond acceptors (Lipinski definition) is 5. The van der Waals surface area contributed by atoms with Gasteiger partial charge in [-0.3, -0.25) is 0 Å². The largest absolute Gasteiger partial charge is 0.455 e. The Morgan fingerprint density at radius 2 is 1.95 bits per heavy atom. The van der Waals surface area contributed by atoms with E-state index in [-0.39, 0.29) is 27.6 Å². The van der Waals surface area contributed by atoms with Crippen LogP contribution in [0, 0.1) is 17.1 Å². The molecule has 2 aromatic rings. The molecule has 7 heteroatoms. The Bertz CT molecular complexity index is 842. The summed E-state index contributed by atoms with van der Waals surface area (Å²) in [4.78, 5) is 0.0679. The summed E-state index contributed by atoms with van der Waals surface area (Å²) < 4.78 is 41.6. The summed E-state index contributed by atoms with van der Waals surface area (Å²) >= 11 is 0. The van der Waals surface area contributed by atoms with Crippen LogP contribution in [0.25, 0.3) is 0 Å². The quantitative estimate of drug-likeness (QED) is 0.879. The van der Waals surface area contributed by atoms with Crippen LogP contribution in [0.2, 0.25) is 0 Å². The zero-order valence-electron chi connectivity index (χ0n) is 11.0. The molecule has 2 rings (SSSR count). The van der Waals surface area contributed by atoms with Crippen LogP contribution < -0.4 is 10.5 Å². The highest BCUT2D eigenvalue weighted by Gasteiger charge is 2.11. The summed E-state index contributed by atoms with van der Waals surface area (Å²) in [6.07, 6.45) is 1.07. The van der Waals surface area contributed by atoms with Gasteiger partial charge >= 0.3 is 0 Å². The van der Waals surface area contributed by atoms with Crippen molar-refractivity contribution in [3.05, 3.63) is 47.8 Å². The molecule has 0 aliphatic rings. The van der Waals surface area contributed by atoms with Crippen LogP contribution in [-0.4, -0.2) is 14.7 Å². The zero-order valence-corrected chi connectivity index (χ0v) is 11.8. The van der Waals surface area contributed by atoms with Crippen molar-refractivity contribution in [1.29, 1.82) is 5.26 Å². The van der Waals surface area contributed by atoms with Gasteiger partial charge in [-0.25, -0.2) is 12.8 Å². The Balaban J connectivity index is 2.33. The molecule has 0 saturated heterocycles. The molecule has 2 aromatic carbocycles. The Kier molecular flexibility index (Phi) is 3.82. The third kappa shape index (κ3) is 3.30. The molecule has 2 N–H and O–H groups in total. The lowest BCUT2D eigenvalue weighted by Gasteiger charge is -2.10. The molecule has 0 atom stereocenters. The van der Waals surface area contributed by atoms with E-state index >= 15 is 0 Å². The zero-order chi connectivity index (χ0) is 15.6. The van der Waals surface area contributed by atoms with Crippen molar-refractivity contribution < 1.29 is 17.5 Å². The molecule has 0 aromatic heterocycles. The number of nitriles is 1. The van der Waals surface area contributed by atoms with E-state index in [1.165, 1.54) is 30.3 Å². The minimum Gasteiger partial charge on any atom is -0.455 e. The van der Waals surface area contributed by atoms with Gasteiger partial charge in [-0.2, -0.15) is 5.26 Å². The van der Waals surface area contributed by atoms with Gasteiger partial charge in [-0.05, 0) is 30.3 Å². The van der Waals surface area contributed by atoms with Crippen molar-refractivity contribution in [2.45, 2.75) is 4.90 Å². The maximum absolute atomic E-state index is 13.5. The standard InChI is InChI=1S/C14H11FN2O3S/c1-21(18,19)11-4-5-14(13(17)7-11)20-10-3-2-9(8-16)12(15)6-10/h2-7H,17H2,1H3. The fraction of sp³-hybridized carbons (Fsp3) is 0.0714. The highest BCUT2D eigenvalue weighted by molar-refractivity contribution is 7.90. The molecule has 0 amide bonds. The van der Waals surface area contributed by atoms with Crippen molar-refractivity contribution in [2.24, 2.45) is 0 Å². The lowest BCUT2D eigenvalue weighted by atomic mass is 10.2. The summed E-state index contributed by atoms with van der Waals surface area (Å²) in [6.45, 7) is 0. The Labute approximate surface area is 121 Å². The number of sulfone groups is 1. The number of rotatable bonds is 3. The first-order chi connectivity index (χ1) is 9.81. The van der Waals surface area contributed by atoms with Gasteiger partial charge < -0.3 is 10.5 Å². The average molecular weight is 306 g/mol. The number of halogens is 1. The van der Waals surface area contributed by atoms with Gasteiger partial charge in [0, 0.05) is 12.3 Å². The SMILES string of the molecule is CS(=O)(=O)c1ccc(Oc2ccc(C#N)c(F)c2)c(N)c1. The monoisotopic (exact) mass is 306 g/mol. The van der Waals surface area contributed by atoms with Crippen LogP contribution >= 0.6 is 0 Å². The second kappa shape index (κ2) is 5.42. The third-order valence-corrected chi connectivity index (χ3v) is 3.81. The van der Waals surface area contributed by atoms with Crippen LogP contribution in [-0.2, 0) is 9.84 Å². The first-order valence-electron chi connectivity index (χ1n) is 5.78. The average Bonchev–Trinajstić information content (AvgIpc) is 2.40. The number of anilines is 1. The molecular formula is C14H11FN2O3S. The molecule has 0 bridgehead atoms. The first kappa shape index (κ1) is 14.8. The molecule has 5 nitrogen and oxygen atoms in total. The van der Waals surface area contributed by atoms with E-state index in [0.717, 1.165) is 12.3 Å².